The number of amides is 7. The Morgan fingerprint density at radius 2 is 0.543 bits per heavy atom. The van der Waals surface area contributed by atoms with E-state index in [-0.39, 0.29) is 66.3 Å². The third-order valence-corrected chi connectivity index (χ3v) is 25.1. The van der Waals surface area contributed by atoms with Gasteiger partial charge in [0.05, 0.1) is 36.3 Å². The van der Waals surface area contributed by atoms with Crippen LogP contribution in [0.15, 0.2) is 0 Å². The standard InChI is InChI=1S/2C12H22N2O2.C12H22N2O.2C11H20N2O2.2C10H18N2O2/c2*1-9(2)11-8-16-12(15)14(11)10-4-6-13(3)7-5-10;1-12(2)7-4-11(15)14(12)10-5-8-13(3)9-6-10;2*1-3-9-8-15-11(14)13(9)10-4-6-12(2)7-5-10;2*1-8-7-14-10(13)12(8)9-3-5-11(2)6-4-9/h2*9-11H,4-8H2,1-3H3;10H,4-9H2,1-3H3;2*9-10H,3-8H2,1-2H3;2*8-9H,3-7H2,1-2H3/t2*11-;;2*9-;2*8-/m10.1010/s1. The summed E-state index contributed by atoms with van der Waals surface area (Å²) < 4.78 is 30.7. The molecule has 14 rings (SSSR count). The second-order valence-electron chi connectivity index (χ2n) is 34.2. The summed E-state index contributed by atoms with van der Waals surface area (Å²) >= 11 is 0. The molecule has 14 fully saturated rings. The van der Waals surface area contributed by atoms with Crippen LogP contribution >= 0.6 is 0 Å². The van der Waals surface area contributed by atoms with Crippen molar-refractivity contribution in [1.29, 1.82) is 0 Å². The van der Waals surface area contributed by atoms with Gasteiger partial charge in [-0.3, -0.25) is 34.2 Å². The molecule has 0 aromatic rings. The topological polar surface area (TPSA) is 220 Å². The van der Waals surface area contributed by atoms with Crippen molar-refractivity contribution < 1.29 is 62.0 Å². The third-order valence-electron chi connectivity index (χ3n) is 25.1. The fourth-order valence-electron chi connectivity index (χ4n) is 17.9. The molecule has 6 atom stereocenters. The lowest BCUT2D eigenvalue weighted by Crippen LogP contribution is -2.51. The molecule has 0 radical (unpaired) electrons. The zero-order chi connectivity index (χ0) is 76.4. The number of carbonyl (C=O) groups is 7. The van der Waals surface area contributed by atoms with Crippen LogP contribution in [0.1, 0.15) is 185 Å². The zero-order valence-corrected chi connectivity index (χ0v) is 68.1. The highest BCUT2D eigenvalue weighted by molar-refractivity contribution is 5.80. The minimum absolute atomic E-state index is 0.0949. The van der Waals surface area contributed by atoms with E-state index in [2.05, 4.69) is 158 Å². The van der Waals surface area contributed by atoms with E-state index >= 15 is 0 Å². The van der Waals surface area contributed by atoms with Crippen LogP contribution in [0.5, 0.6) is 0 Å². The summed E-state index contributed by atoms with van der Waals surface area (Å²) in [7, 11) is 15.0. The molecule has 0 bridgehead atoms. The van der Waals surface area contributed by atoms with Crippen LogP contribution in [0, 0.1) is 11.8 Å². The smallest absolute Gasteiger partial charge is 0.410 e. The maximum absolute atomic E-state index is 11.9. The monoisotopic (exact) mass is 1480 g/mol. The van der Waals surface area contributed by atoms with Crippen molar-refractivity contribution in [2.45, 2.75) is 269 Å². The normalized spacial score (nSPS) is 29.6. The van der Waals surface area contributed by atoms with Crippen LogP contribution in [0.2, 0.25) is 0 Å². The SMILES string of the molecule is CC(C)[C@@H]1COC(=O)N1C1CCN(C)CC1.CC(C)[C@H]1COC(=O)N1C1CCN(C)CC1.CC[C@@H]1COC(=O)N1C1CCN(C)CC1.CC[C@H]1COC(=O)N1C1CCN(C)CC1.CN1CCC(N2C(=O)CCC2(C)C)CC1.C[C@@H]1COC(=O)N1C1CCN(C)CC1.C[C@H]1COC(=O)N1C1CCN(C)CC1. The summed E-state index contributed by atoms with van der Waals surface area (Å²) in [5.41, 5.74) is 0.0949. The quantitative estimate of drug-likeness (QED) is 0.176. The maximum Gasteiger partial charge on any atom is 0.410 e. The van der Waals surface area contributed by atoms with Gasteiger partial charge in [0.1, 0.15) is 39.6 Å². The number of ether oxygens (including phenoxy) is 6. The van der Waals surface area contributed by atoms with Gasteiger partial charge in [-0.05, 0) is 290 Å². The number of hydrogen-bond donors (Lipinski definition) is 0. The first-order chi connectivity index (χ1) is 50.0. The van der Waals surface area contributed by atoms with Gasteiger partial charge >= 0.3 is 36.6 Å². The van der Waals surface area contributed by atoms with E-state index in [0.29, 0.717) is 112 Å². The van der Waals surface area contributed by atoms with Gasteiger partial charge in [0, 0.05) is 54.3 Å². The van der Waals surface area contributed by atoms with Crippen LogP contribution in [-0.2, 0) is 33.2 Å². The average molecular weight is 1480 g/mol. The second kappa shape index (κ2) is 40.5. The number of carbonyl (C=O) groups excluding carboxylic acids is 7. The molecule has 0 aromatic carbocycles. The van der Waals surface area contributed by atoms with Crippen LogP contribution in [0.25, 0.3) is 0 Å². The molecule has 14 aliphatic rings. The Bertz CT molecular complexity index is 2550. The Labute approximate surface area is 631 Å². The summed E-state index contributed by atoms with van der Waals surface area (Å²) in [6.07, 6.45) is 18.4. The Hall–Kier alpha value is -5.19. The predicted octanol–water partition coefficient (Wildman–Crippen LogP) is 9.06. The van der Waals surface area contributed by atoms with Crippen molar-refractivity contribution in [1.82, 2.24) is 68.6 Å². The Morgan fingerprint density at radius 1 is 0.324 bits per heavy atom. The minimum Gasteiger partial charge on any atom is -0.447 e. The van der Waals surface area contributed by atoms with Gasteiger partial charge in [-0.25, -0.2) is 28.8 Å². The molecule has 0 N–H and O–H groups in total. The molecule has 14 saturated heterocycles. The molecule has 0 aromatic heterocycles. The number of rotatable bonds is 11. The van der Waals surface area contributed by atoms with Crippen molar-refractivity contribution in [2.75, 3.05) is 181 Å². The molecule has 105 heavy (non-hydrogen) atoms. The van der Waals surface area contributed by atoms with Crippen molar-refractivity contribution >= 4 is 42.5 Å². The molecule has 602 valence electrons. The summed E-state index contributed by atoms with van der Waals surface area (Å²) in [6.45, 7) is 40.1. The van der Waals surface area contributed by atoms with Gasteiger partial charge in [-0.15, -0.1) is 0 Å². The fraction of sp³-hybridized carbons (Fsp3) is 0.910. The van der Waals surface area contributed by atoms with E-state index in [4.69, 9.17) is 28.4 Å². The van der Waals surface area contributed by atoms with E-state index in [1.54, 1.807) is 0 Å². The summed E-state index contributed by atoms with van der Waals surface area (Å²) in [5, 5.41) is 0. The fourth-order valence-corrected chi connectivity index (χ4v) is 17.9. The molecule has 0 spiro atoms. The van der Waals surface area contributed by atoms with Crippen molar-refractivity contribution in [3.05, 3.63) is 0 Å². The van der Waals surface area contributed by atoms with Crippen molar-refractivity contribution in [3.8, 4) is 0 Å². The van der Waals surface area contributed by atoms with E-state index in [9.17, 15) is 33.6 Å². The van der Waals surface area contributed by atoms with Gasteiger partial charge in [0.15, 0.2) is 0 Å². The zero-order valence-electron chi connectivity index (χ0n) is 68.1. The van der Waals surface area contributed by atoms with Gasteiger partial charge in [-0.2, -0.15) is 0 Å². The predicted molar refractivity (Wildman–Crippen MR) is 407 cm³/mol. The molecule has 14 heterocycles. The molecule has 0 unspecified atom stereocenters. The first-order valence-electron chi connectivity index (χ1n) is 40.8. The number of cyclic esters (lactones) is 6. The highest BCUT2D eigenvalue weighted by Gasteiger charge is 2.46. The molecular weight excluding hydrogens is 1340 g/mol. The highest BCUT2D eigenvalue weighted by atomic mass is 16.6. The van der Waals surface area contributed by atoms with Gasteiger partial charge in [0.2, 0.25) is 5.91 Å². The van der Waals surface area contributed by atoms with E-state index in [1.165, 1.54) is 0 Å². The van der Waals surface area contributed by atoms with Gasteiger partial charge in [-0.1, -0.05) is 41.5 Å². The highest BCUT2D eigenvalue weighted by Crippen LogP contribution is 2.36. The van der Waals surface area contributed by atoms with Gasteiger partial charge < -0.3 is 67.6 Å². The molecule has 0 aliphatic carbocycles. The number of piperidine rings is 7. The first kappa shape index (κ1) is 85.4. The molecule has 7 amide bonds. The van der Waals surface area contributed by atoms with Crippen LogP contribution in [-0.4, -0.2) is 376 Å². The number of hydrogen-bond acceptors (Lipinski definition) is 20. The Morgan fingerprint density at radius 3 is 0.771 bits per heavy atom. The lowest BCUT2D eigenvalue weighted by atomic mass is 9.96. The first-order valence-corrected chi connectivity index (χ1v) is 40.8. The van der Waals surface area contributed by atoms with E-state index < -0.39 is 0 Å². The summed E-state index contributed by atoms with van der Waals surface area (Å²) in [4.78, 5) is 112. The summed E-state index contributed by atoms with van der Waals surface area (Å²) in [6, 6.07) is 4.57. The van der Waals surface area contributed by atoms with Crippen LogP contribution in [0.3, 0.4) is 0 Å². The molecule has 27 nitrogen and oxygen atoms in total. The second-order valence-corrected chi connectivity index (χ2v) is 34.2. The molecular formula is C78H142N14O13. The lowest BCUT2D eigenvalue weighted by Gasteiger charge is -2.42. The van der Waals surface area contributed by atoms with Gasteiger partial charge in [0.25, 0.3) is 0 Å². The number of likely N-dealkylation sites (tertiary alicyclic amines) is 8. The maximum atomic E-state index is 11.9. The molecule has 27 heteroatoms. The Kier molecular flexibility index (Phi) is 32.9. The Balaban J connectivity index is 0.000000155. The van der Waals surface area contributed by atoms with E-state index in [0.717, 1.165) is 207 Å². The summed E-state index contributed by atoms with van der Waals surface area (Å²) in [5.74, 6) is 1.33. The van der Waals surface area contributed by atoms with Crippen molar-refractivity contribution in [3.63, 3.8) is 0 Å². The molecule has 14 aliphatic heterocycles. The minimum atomic E-state index is -0.118. The third kappa shape index (κ3) is 23.4. The average Bonchev–Trinajstić information content (AvgIpc) is 1.64. The van der Waals surface area contributed by atoms with Crippen LogP contribution in [0.4, 0.5) is 28.8 Å². The molecule has 0 saturated carbocycles. The largest absolute Gasteiger partial charge is 0.447 e. The lowest BCUT2D eigenvalue weighted by molar-refractivity contribution is -0.134. The van der Waals surface area contributed by atoms with Crippen molar-refractivity contribution in [2.24, 2.45) is 11.8 Å². The van der Waals surface area contributed by atoms with Crippen LogP contribution < -0.4 is 0 Å². The van der Waals surface area contributed by atoms with E-state index in [1.807, 2.05) is 29.4 Å². The number of nitrogens with zero attached hydrogens (tertiary/aromatic N) is 14.